The van der Waals surface area contributed by atoms with Crippen molar-refractivity contribution in [3.05, 3.63) is 0 Å². The Labute approximate surface area is 161 Å². The molecular weight excluding hydrogens is 344 g/mol. The van der Waals surface area contributed by atoms with Gasteiger partial charge >= 0.3 is 5.97 Å². The van der Waals surface area contributed by atoms with E-state index in [4.69, 9.17) is 5.11 Å². The van der Waals surface area contributed by atoms with E-state index in [1.54, 1.807) is 4.90 Å². The number of carbonyl (C=O) groups is 3. The highest BCUT2D eigenvalue weighted by Crippen LogP contribution is 2.60. The summed E-state index contributed by atoms with van der Waals surface area (Å²) < 4.78 is 0. The van der Waals surface area contributed by atoms with Crippen molar-refractivity contribution in [1.29, 1.82) is 0 Å². The van der Waals surface area contributed by atoms with Crippen LogP contribution in [0.4, 0.5) is 0 Å². The zero-order valence-corrected chi connectivity index (χ0v) is 16.4. The molecule has 4 saturated carbocycles. The van der Waals surface area contributed by atoms with Crippen molar-refractivity contribution in [2.75, 3.05) is 19.6 Å². The monoisotopic (exact) mass is 376 g/mol. The van der Waals surface area contributed by atoms with Crippen molar-refractivity contribution >= 4 is 17.8 Å². The summed E-state index contributed by atoms with van der Waals surface area (Å²) >= 11 is 0. The van der Waals surface area contributed by atoms with Crippen LogP contribution in [0.5, 0.6) is 0 Å². The third-order valence-electron chi connectivity index (χ3n) is 7.58. The second kappa shape index (κ2) is 7.10. The molecule has 1 unspecified atom stereocenters. The normalized spacial score (nSPS) is 36.9. The molecule has 27 heavy (non-hydrogen) atoms. The molecule has 1 N–H and O–H groups in total. The third-order valence-corrected chi connectivity index (χ3v) is 7.58. The van der Waals surface area contributed by atoms with Gasteiger partial charge in [-0.05, 0) is 76.0 Å². The lowest BCUT2D eigenvalue weighted by Crippen LogP contribution is -2.57. The molecule has 1 aliphatic heterocycles. The van der Waals surface area contributed by atoms with Crippen molar-refractivity contribution in [1.82, 2.24) is 9.80 Å². The van der Waals surface area contributed by atoms with Crippen molar-refractivity contribution in [3.63, 3.8) is 0 Å². The molecule has 6 nitrogen and oxygen atoms in total. The molecule has 0 radical (unpaired) electrons. The van der Waals surface area contributed by atoms with E-state index in [0.29, 0.717) is 37.3 Å². The molecule has 6 heteroatoms. The van der Waals surface area contributed by atoms with Crippen LogP contribution < -0.4 is 0 Å². The number of aliphatic carboxylic acids is 1. The lowest BCUT2D eigenvalue weighted by atomic mass is 9.49. The van der Waals surface area contributed by atoms with Gasteiger partial charge in [0.2, 0.25) is 11.8 Å². The summed E-state index contributed by atoms with van der Waals surface area (Å²) in [5, 5.41) is 8.94. The first-order chi connectivity index (χ1) is 12.9. The topological polar surface area (TPSA) is 77.9 Å². The van der Waals surface area contributed by atoms with E-state index in [-0.39, 0.29) is 36.2 Å². The molecule has 5 aliphatic rings. The lowest BCUT2D eigenvalue weighted by Gasteiger charge is -2.56. The predicted octanol–water partition coefficient (Wildman–Crippen LogP) is 2.52. The highest BCUT2D eigenvalue weighted by molar-refractivity contribution is 5.91. The Balaban J connectivity index is 1.48. The quantitative estimate of drug-likeness (QED) is 0.773. The molecule has 2 amide bonds. The summed E-state index contributed by atoms with van der Waals surface area (Å²) in [5.74, 6) is 1.40. The van der Waals surface area contributed by atoms with Crippen LogP contribution in [0.1, 0.15) is 64.7 Å². The van der Waals surface area contributed by atoms with Crippen LogP contribution in [0.3, 0.4) is 0 Å². The van der Waals surface area contributed by atoms with Gasteiger partial charge in [0.15, 0.2) is 0 Å². The van der Waals surface area contributed by atoms with E-state index < -0.39 is 5.97 Å². The average molecular weight is 376 g/mol. The number of carbonyl (C=O) groups excluding carboxylic acids is 2. The first-order valence-electron chi connectivity index (χ1n) is 10.7. The van der Waals surface area contributed by atoms with Gasteiger partial charge in [0.05, 0.1) is 11.8 Å². The van der Waals surface area contributed by atoms with Crippen LogP contribution in [0.2, 0.25) is 0 Å². The van der Waals surface area contributed by atoms with Crippen molar-refractivity contribution in [2.24, 2.45) is 23.2 Å². The number of carboxylic acids is 1. The molecule has 1 heterocycles. The largest absolute Gasteiger partial charge is 0.481 e. The molecular formula is C21H32N2O4. The van der Waals surface area contributed by atoms with E-state index in [1.165, 1.54) is 19.3 Å². The molecule has 0 aromatic rings. The fourth-order valence-corrected chi connectivity index (χ4v) is 6.81. The number of likely N-dealkylation sites (tertiary alicyclic amines) is 1. The Bertz CT molecular complexity index is 596. The summed E-state index contributed by atoms with van der Waals surface area (Å²) in [6, 6.07) is -0.390. The fourth-order valence-electron chi connectivity index (χ4n) is 6.81. The van der Waals surface area contributed by atoms with Gasteiger partial charge < -0.3 is 14.9 Å². The molecule has 0 aromatic heterocycles. The SMILES string of the molecule is CCN(CCC(=O)O)C(=O)C1CCCN1C(=O)C12CC3CC(CC(C3)C1)C2. The summed E-state index contributed by atoms with van der Waals surface area (Å²) in [5.41, 5.74) is -0.213. The van der Waals surface area contributed by atoms with Gasteiger partial charge in [0.1, 0.15) is 6.04 Å². The molecule has 0 aromatic carbocycles. The summed E-state index contributed by atoms with van der Waals surface area (Å²) in [6.45, 7) is 3.26. The Morgan fingerprint density at radius 1 is 1.07 bits per heavy atom. The fraction of sp³-hybridized carbons (Fsp3) is 0.857. The first-order valence-corrected chi connectivity index (χ1v) is 10.7. The number of hydrogen-bond donors (Lipinski definition) is 1. The standard InChI is InChI=1S/C21H32N2O4/c1-2-22(7-5-18(24)25)19(26)17-4-3-6-23(17)20(27)21-11-14-8-15(12-21)10-16(9-14)13-21/h14-17H,2-13H2,1H3,(H,24,25). The Morgan fingerprint density at radius 2 is 1.67 bits per heavy atom. The molecule has 1 saturated heterocycles. The molecule has 150 valence electrons. The second-order valence-electron chi connectivity index (χ2n) is 9.42. The minimum absolute atomic E-state index is 0.0464. The van der Waals surface area contributed by atoms with Gasteiger partial charge in [-0.25, -0.2) is 0 Å². The van der Waals surface area contributed by atoms with Crippen LogP contribution in [0.25, 0.3) is 0 Å². The first kappa shape index (κ1) is 18.8. The Hall–Kier alpha value is -1.59. The molecule has 5 fully saturated rings. The number of rotatable bonds is 6. The van der Waals surface area contributed by atoms with E-state index in [2.05, 4.69) is 0 Å². The maximum Gasteiger partial charge on any atom is 0.305 e. The van der Waals surface area contributed by atoms with Crippen LogP contribution in [0.15, 0.2) is 0 Å². The van der Waals surface area contributed by atoms with Crippen LogP contribution in [-0.4, -0.2) is 58.4 Å². The third kappa shape index (κ3) is 3.36. The second-order valence-corrected chi connectivity index (χ2v) is 9.42. The molecule has 4 aliphatic carbocycles. The van der Waals surface area contributed by atoms with Gasteiger partial charge in [0.25, 0.3) is 0 Å². The maximum absolute atomic E-state index is 13.7. The van der Waals surface area contributed by atoms with E-state index >= 15 is 0 Å². The summed E-state index contributed by atoms with van der Waals surface area (Å²) in [4.78, 5) is 41.1. The highest BCUT2D eigenvalue weighted by Gasteiger charge is 2.56. The Morgan fingerprint density at radius 3 is 2.19 bits per heavy atom. The van der Waals surface area contributed by atoms with Crippen LogP contribution in [0, 0.1) is 23.2 Å². The Kier molecular flexibility index (Phi) is 4.93. The van der Waals surface area contributed by atoms with Gasteiger partial charge in [0, 0.05) is 19.6 Å². The molecule has 0 spiro atoms. The number of nitrogens with zero attached hydrogens (tertiary/aromatic N) is 2. The molecule has 1 atom stereocenters. The minimum atomic E-state index is -0.894. The number of hydrogen-bond acceptors (Lipinski definition) is 3. The zero-order valence-electron chi connectivity index (χ0n) is 16.4. The van der Waals surface area contributed by atoms with Crippen LogP contribution >= 0.6 is 0 Å². The van der Waals surface area contributed by atoms with E-state index in [0.717, 1.165) is 25.7 Å². The van der Waals surface area contributed by atoms with Crippen molar-refractivity contribution in [3.8, 4) is 0 Å². The average Bonchev–Trinajstić information content (AvgIpc) is 3.09. The summed E-state index contributed by atoms with van der Waals surface area (Å²) in [6.07, 6.45) is 8.49. The van der Waals surface area contributed by atoms with Gasteiger partial charge in [-0.15, -0.1) is 0 Å². The van der Waals surface area contributed by atoms with Gasteiger partial charge in [-0.1, -0.05) is 0 Å². The zero-order chi connectivity index (χ0) is 19.2. The number of likely N-dealkylation sites (N-methyl/N-ethyl adjacent to an activating group) is 1. The lowest BCUT2D eigenvalue weighted by molar-refractivity contribution is -0.162. The smallest absolute Gasteiger partial charge is 0.305 e. The van der Waals surface area contributed by atoms with E-state index in [1.807, 2.05) is 11.8 Å². The number of carboxylic acid groups (broad SMARTS) is 1. The maximum atomic E-state index is 13.7. The minimum Gasteiger partial charge on any atom is -0.481 e. The van der Waals surface area contributed by atoms with Gasteiger partial charge in [-0.2, -0.15) is 0 Å². The van der Waals surface area contributed by atoms with Crippen LogP contribution in [-0.2, 0) is 14.4 Å². The predicted molar refractivity (Wildman–Crippen MR) is 99.8 cm³/mol. The summed E-state index contributed by atoms with van der Waals surface area (Å²) in [7, 11) is 0. The molecule has 5 rings (SSSR count). The van der Waals surface area contributed by atoms with Crippen molar-refractivity contribution < 1.29 is 19.5 Å². The number of amides is 2. The van der Waals surface area contributed by atoms with E-state index in [9.17, 15) is 14.4 Å². The van der Waals surface area contributed by atoms with Gasteiger partial charge in [-0.3, -0.25) is 14.4 Å². The van der Waals surface area contributed by atoms with Crippen molar-refractivity contribution in [2.45, 2.75) is 70.8 Å². The highest BCUT2D eigenvalue weighted by atomic mass is 16.4. The molecule has 4 bridgehead atoms.